The van der Waals surface area contributed by atoms with Crippen LogP contribution >= 0.6 is 0 Å². The second-order valence-electron chi connectivity index (χ2n) is 6.28. The third-order valence-corrected chi connectivity index (χ3v) is 4.35. The second kappa shape index (κ2) is 8.20. The predicted molar refractivity (Wildman–Crippen MR) is 97.8 cm³/mol. The molecule has 0 radical (unpaired) electrons. The number of hydrogen-bond donors (Lipinski definition) is 1. The van der Waals surface area contributed by atoms with Crippen LogP contribution in [0.4, 0.5) is 20.2 Å². The van der Waals surface area contributed by atoms with Gasteiger partial charge in [-0.3, -0.25) is 0 Å². The first-order chi connectivity index (χ1) is 12.6. The quantitative estimate of drug-likeness (QED) is 0.800. The zero-order valence-electron chi connectivity index (χ0n) is 14.9. The summed E-state index contributed by atoms with van der Waals surface area (Å²) in [5, 5.41) is 3.13. The lowest BCUT2D eigenvalue weighted by molar-refractivity contribution is 0.0807. The van der Waals surface area contributed by atoms with Gasteiger partial charge in [0.2, 0.25) is 0 Å². The van der Waals surface area contributed by atoms with Crippen molar-refractivity contribution in [2.75, 3.05) is 25.6 Å². The maximum Gasteiger partial charge on any atom is 0.139 e. The molecule has 0 aromatic heterocycles. The Hall–Kier alpha value is -2.58. The summed E-state index contributed by atoms with van der Waals surface area (Å²) in [6.45, 7) is 3.10. The number of aryl methyl sites for hydroxylation is 1. The number of nitrogens with one attached hydrogen (secondary N) is 1. The van der Waals surface area contributed by atoms with Crippen molar-refractivity contribution in [1.29, 1.82) is 0 Å². The molecule has 2 aromatic rings. The molecule has 136 valence electrons. The third-order valence-electron chi connectivity index (χ3n) is 4.35. The summed E-state index contributed by atoms with van der Waals surface area (Å²) in [7, 11) is 1.49. The first kappa shape index (κ1) is 18.2. The summed E-state index contributed by atoms with van der Waals surface area (Å²) in [5.41, 5.74) is 2.24. The molecule has 1 N–H and O–H groups in total. The van der Waals surface area contributed by atoms with Crippen LogP contribution < -0.4 is 10.1 Å². The number of rotatable bonds is 3. The average Bonchev–Trinajstić information content (AvgIpc) is 2.64. The Kier molecular flexibility index (Phi) is 5.75. The monoisotopic (exact) mass is 357 g/mol. The highest BCUT2D eigenvalue weighted by atomic mass is 19.1. The van der Waals surface area contributed by atoms with Gasteiger partial charge in [0.15, 0.2) is 0 Å². The number of halogens is 2. The minimum atomic E-state index is -0.431. The maximum atomic E-state index is 14.0. The average molecular weight is 357 g/mol. The standard InChI is InChI=1S/C21H21F2NO2/c1-14-11-17(4-6-19(14)23)24-20-12-16(22)13-21(25-2)18(20)5-3-15-7-9-26-10-8-15/h4,6,11-13,15,24H,7-10H2,1-2H3. The molecule has 0 unspecified atom stereocenters. The van der Waals surface area contributed by atoms with Crippen molar-refractivity contribution in [3.8, 4) is 17.6 Å². The highest BCUT2D eigenvalue weighted by molar-refractivity contribution is 5.71. The molecule has 1 aliphatic rings. The van der Waals surface area contributed by atoms with Crippen molar-refractivity contribution in [2.24, 2.45) is 5.92 Å². The maximum absolute atomic E-state index is 14.0. The summed E-state index contributed by atoms with van der Waals surface area (Å²) < 4.78 is 38.1. The van der Waals surface area contributed by atoms with Crippen LogP contribution in [0.5, 0.6) is 5.75 Å². The van der Waals surface area contributed by atoms with E-state index >= 15 is 0 Å². The third kappa shape index (κ3) is 4.33. The highest BCUT2D eigenvalue weighted by Gasteiger charge is 2.14. The largest absolute Gasteiger partial charge is 0.495 e. The number of benzene rings is 2. The van der Waals surface area contributed by atoms with Crippen molar-refractivity contribution in [1.82, 2.24) is 0 Å². The molecule has 0 aliphatic carbocycles. The lowest BCUT2D eigenvalue weighted by atomic mass is 10.00. The summed E-state index contributed by atoms with van der Waals surface area (Å²) in [5.74, 6) is 6.29. The summed E-state index contributed by atoms with van der Waals surface area (Å²) in [4.78, 5) is 0. The van der Waals surface area contributed by atoms with Crippen LogP contribution in [0.25, 0.3) is 0 Å². The first-order valence-electron chi connectivity index (χ1n) is 8.57. The minimum absolute atomic E-state index is 0.249. The van der Waals surface area contributed by atoms with E-state index in [4.69, 9.17) is 9.47 Å². The first-order valence-corrected chi connectivity index (χ1v) is 8.57. The molecule has 0 atom stereocenters. The van der Waals surface area contributed by atoms with E-state index < -0.39 is 5.82 Å². The lowest BCUT2D eigenvalue weighted by Crippen LogP contribution is -2.14. The molecule has 2 aromatic carbocycles. The van der Waals surface area contributed by atoms with Crippen LogP contribution in [0.1, 0.15) is 24.0 Å². The molecule has 5 heteroatoms. The van der Waals surface area contributed by atoms with Gasteiger partial charge in [-0.25, -0.2) is 8.78 Å². The number of methoxy groups -OCH3 is 1. The Bertz CT molecular complexity index is 849. The van der Waals surface area contributed by atoms with Gasteiger partial charge < -0.3 is 14.8 Å². The Labute approximate surface area is 152 Å². The molecule has 0 amide bonds. The molecular formula is C21H21F2NO2. The fourth-order valence-corrected chi connectivity index (χ4v) is 2.86. The fourth-order valence-electron chi connectivity index (χ4n) is 2.86. The van der Waals surface area contributed by atoms with E-state index in [0.29, 0.717) is 41.5 Å². The van der Waals surface area contributed by atoms with E-state index in [2.05, 4.69) is 17.2 Å². The smallest absolute Gasteiger partial charge is 0.139 e. The van der Waals surface area contributed by atoms with E-state index in [9.17, 15) is 8.78 Å². The highest BCUT2D eigenvalue weighted by Crippen LogP contribution is 2.30. The minimum Gasteiger partial charge on any atom is -0.495 e. The second-order valence-corrected chi connectivity index (χ2v) is 6.28. The van der Waals surface area contributed by atoms with Crippen molar-refractivity contribution >= 4 is 11.4 Å². The molecular weight excluding hydrogens is 336 g/mol. The van der Waals surface area contributed by atoms with Crippen LogP contribution in [-0.2, 0) is 4.74 Å². The van der Waals surface area contributed by atoms with E-state index in [1.54, 1.807) is 19.1 Å². The molecule has 3 nitrogen and oxygen atoms in total. The molecule has 1 heterocycles. The van der Waals surface area contributed by atoms with E-state index in [0.717, 1.165) is 12.8 Å². The molecule has 0 saturated carbocycles. The molecule has 1 aliphatic heterocycles. The van der Waals surface area contributed by atoms with Crippen molar-refractivity contribution in [2.45, 2.75) is 19.8 Å². The predicted octanol–water partition coefficient (Wildman–Crippen LogP) is 4.80. The van der Waals surface area contributed by atoms with E-state index in [1.807, 2.05) is 0 Å². The topological polar surface area (TPSA) is 30.5 Å². The van der Waals surface area contributed by atoms with Gasteiger partial charge in [0.05, 0.1) is 18.4 Å². The SMILES string of the molecule is COc1cc(F)cc(Nc2ccc(F)c(C)c2)c1C#CC1CCOCC1. The van der Waals surface area contributed by atoms with Gasteiger partial charge in [0.25, 0.3) is 0 Å². The van der Waals surface area contributed by atoms with Gasteiger partial charge in [0, 0.05) is 30.9 Å². The van der Waals surface area contributed by atoms with E-state index in [1.165, 1.54) is 25.3 Å². The van der Waals surface area contributed by atoms with Crippen LogP contribution in [0.2, 0.25) is 0 Å². The zero-order valence-corrected chi connectivity index (χ0v) is 14.9. The molecule has 26 heavy (non-hydrogen) atoms. The Balaban J connectivity index is 1.96. The van der Waals surface area contributed by atoms with Crippen molar-refractivity contribution in [3.05, 3.63) is 53.1 Å². The molecule has 0 bridgehead atoms. The molecule has 3 rings (SSSR count). The number of hydrogen-bond acceptors (Lipinski definition) is 3. The van der Waals surface area contributed by atoms with Gasteiger partial charge >= 0.3 is 0 Å². The van der Waals surface area contributed by atoms with Gasteiger partial charge in [0.1, 0.15) is 17.4 Å². The fraction of sp³-hybridized carbons (Fsp3) is 0.333. The Morgan fingerprint density at radius 3 is 2.62 bits per heavy atom. The molecule has 0 spiro atoms. The summed E-state index contributed by atoms with van der Waals surface area (Å²) >= 11 is 0. The normalized spacial score (nSPS) is 14.5. The molecule has 1 saturated heterocycles. The Morgan fingerprint density at radius 2 is 1.92 bits per heavy atom. The van der Waals surface area contributed by atoms with Crippen molar-refractivity contribution < 1.29 is 18.3 Å². The lowest BCUT2D eigenvalue weighted by Gasteiger charge is -2.17. The van der Waals surface area contributed by atoms with Crippen molar-refractivity contribution in [3.63, 3.8) is 0 Å². The Morgan fingerprint density at radius 1 is 1.15 bits per heavy atom. The van der Waals surface area contributed by atoms with Gasteiger partial charge in [-0.2, -0.15) is 0 Å². The van der Waals surface area contributed by atoms with E-state index in [-0.39, 0.29) is 11.7 Å². The molecule has 1 fully saturated rings. The van der Waals surface area contributed by atoms with Crippen LogP contribution in [-0.4, -0.2) is 20.3 Å². The van der Waals surface area contributed by atoms with Crippen LogP contribution in [0.3, 0.4) is 0 Å². The summed E-state index contributed by atoms with van der Waals surface area (Å²) in [6, 6.07) is 7.34. The van der Waals surface area contributed by atoms with Crippen LogP contribution in [0, 0.1) is 36.3 Å². The zero-order chi connectivity index (χ0) is 18.5. The summed E-state index contributed by atoms with van der Waals surface area (Å²) in [6.07, 6.45) is 1.77. The van der Waals surface area contributed by atoms with Gasteiger partial charge in [-0.15, -0.1) is 0 Å². The van der Waals surface area contributed by atoms with Gasteiger partial charge in [-0.05, 0) is 49.6 Å². The van der Waals surface area contributed by atoms with Crippen LogP contribution in [0.15, 0.2) is 30.3 Å². The number of anilines is 2. The number of ether oxygens (including phenoxy) is 2. The van der Waals surface area contributed by atoms with Gasteiger partial charge in [-0.1, -0.05) is 11.8 Å².